The number of hydrogen-bond acceptors (Lipinski definition) is 4. The van der Waals surface area contributed by atoms with Crippen LogP contribution in [-0.2, 0) is 13.2 Å². The molecule has 0 atom stereocenters. The molecule has 4 aromatic rings. The first-order chi connectivity index (χ1) is 15.8. The molecule has 0 unspecified atom stereocenters. The number of nitrogens with zero attached hydrogens (tertiary/aromatic N) is 5. The summed E-state index contributed by atoms with van der Waals surface area (Å²) < 4.78 is 4.77. The molecule has 1 fully saturated rings. The summed E-state index contributed by atoms with van der Waals surface area (Å²) in [6.45, 7) is 5.83. The lowest BCUT2D eigenvalue weighted by molar-refractivity contribution is 0.0981. The summed E-state index contributed by atoms with van der Waals surface area (Å²) in [5.41, 5.74) is 3.47. The maximum atomic E-state index is 5.90. The highest BCUT2D eigenvalue weighted by atomic mass is 32.1. The molecular formula is C26H27N5S. The van der Waals surface area contributed by atoms with Gasteiger partial charge < -0.3 is 0 Å². The third-order valence-electron chi connectivity index (χ3n) is 5.93. The Bertz CT molecular complexity index is 1190. The van der Waals surface area contributed by atoms with Crippen LogP contribution >= 0.6 is 12.2 Å². The first-order valence-corrected chi connectivity index (χ1v) is 11.5. The molecule has 0 radical (unpaired) electrons. The first kappa shape index (κ1) is 20.8. The van der Waals surface area contributed by atoms with Gasteiger partial charge in [0.1, 0.15) is 0 Å². The zero-order chi connectivity index (χ0) is 21.8. The number of benzene rings is 3. The van der Waals surface area contributed by atoms with Crippen molar-refractivity contribution in [2.45, 2.75) is 13.2 Å². The number of hydrogen-bond donors (Lipinski definition) is 0. The molecule has 6 heteroatoms. The lowest BCUT2D eigenvalue weighted by atomic mass is 10.2. The summed E-state index contributed by atoms with van der Waals surface area (Å²) in [6.07, 6.45) is 0. The molecule has 5 nitrogen and oxygen atoms in total. The van der Waals surface area contributed by atoms with Crippen molar-refractivity contribution in [1.29, 1.82) is 0 Å². The van der Waals surface area contributed by atoms with E-state index in [0.717, 1.165) is 54.6 Å². The highest BCUT2D eigenvalue weighted by Gasteiger charge is 2.20. The van der Waals surface area contributed by atoms with Gasteiger partial charge in [0, 0.05) is 44.0 Å². The molecule has 0 amide bonds. The van der Waals surface area contributed by atoms with E-state index in [1.165, 1.54) is 5.56 Å². The fourth-order valence-corrected chi connectivity index (χ4v) is 4.49. The van der Waals surface area contributed by atoms with Gasteiger partial charge in [-0.1, -0.05) is 78.9 Å². The molecule has 32 heavy (non-hydrogen) atoms. The molecule has 1 aromatic heterocycles. The Hall–Kier alpha value is -3.06. The van der Waals surface area contributed by atoms with E-state index in [4.69, 9.17) is 17.3 Å². The average molecular weight is 442 g/mol. The normalized spacial score (nSPS) is 15.1. The van der Waals surface area contributed by atoms with Gasteiger partial charge in [-0.3, -0.25) is 14.4 Å². The van der Waals surface area contributed by atoms with E-state index in [2.05, 4.69) is 69.0 Å². The van der Waals surface area contributed by atoms with Crippen molar-refractivity contribution in [3.05, 3.63) is 101 Å². The second-order valence-corrected chi connectivity index (χ2v) is 8.53. The molecule has 1 aliphatic heterocycles. The highest BCUT2D eigenvalue weighted by molar-refractivity contribution is 7.71. The monoisotopic (exact) mass is 441 g/mol. The molecule has 1 saturated heterocycles. The Balaban J connectivity index is 1.35. The van der Waals surface area contributed by atoms with Gasteiger partial charge in [-0.2, -0.15) is 0 Å². The Morgan fingerprint density at radius 3 is 1.91 bits per heavy atom. The predicted octanol–water partition coefficient (Wildman–Crippen LogP) is 4.85. The zero-order valence-corrected chi connectivity index (χ0v) is 18.9. The topological polar surface area (TPSA) is 29.2 Å². The number of para-hydroxylation sites is 1. The maximum Gasteiger partial charge on any atom is 0.204 e. The van der Waals surface area contributed by atoms with Crippen molar-refractivity contribution < 1.29 is 0 Å². The standard InChI is InChI=1S/C26H27N5S/c32-26-30(21-29-18-16-28(17-19-29)20-22-10-4-1-5-11-22)27-25(23-12-6-2-7-13-23)31(26)24-14-8-3-9-15-24/h1-15H,16-21H2. The smallest absolute Gasteiger partial charge is 0.204 e. The third kappa shape index (κ3) is 4.58. The van der Waals surface area contributed by atoms with Gasteiger partial charge in [0.2, 0.25) is 4.77 Å². The Morgan fingerprint density at radius 1 is 0.688 bits per heavy atom. The zero-order valence-electron chi connectivity index (χ0n) is 18.0. The Morgan fingerprint density at radius 2 is 1.25 bits per heavy atom. The van der Waals surface area contributed by atoms with Gasteiger partial charge >= 0.3 is 0 Å². The van der Waals surface area contributed by atoms with Crippen LogP contribution in [0.25, 0.3) is 17.1 Å². The summed E-state index contributed by atoms with van der Waals surface area (Å²) in [7, 11) is 0. The van der Waals surface area contributed by atoms with Crippen LogP contribution in [0.15, 0.2) is 91.0 Å². The summed E-state index contributed by atoms with van der Waals surface area (Å²) in [5, 5.41) is 4.96. The van der Waals surface area contributed by atoms with E-state index in [-0.39, 0.29) is 0 Å². The predicted molar refractivity (Wildman–Crippen MR) is 131 cm³/mol. The average Bonchev–Trinajstić information content (AvgIpc) is 3.18. The van der Waals surface area contributed by atoms with Gasteiger partial charge in [0.05, 0.1) is 6.67 Å². The van der Waals surface area contributed by atoms with Crippen LogP contribution in [0.3, 0.4) is 0 Å². The molecule has 0 N–H and O–H groups in total. The van der Waals surface area contributed by atoms with Gasteiger partial charge in [-0.05, 0) is 29.9 Å². The molecule has 0 aliphatic carbocycles. The number of rotatable bonds is 6. The van der Waals surface area contributed by atoms with E-state index < -0.39 is 0 Å². The van der Waals surface area contributed by atoms with Crippen molar-refractivity contribution in [1.82, 2.24) is 24.1 Å². The summed E-state index contributed by atoms with van der Waals surface area (Å²) in [6, 6.07) is 31.2. The summed E-state index contributed by atoms with van der Waals surface area (Å²) in [4.78, 5) is 4.96. The molecule has 0 saturated carbocycles. The number of piperazine rings is 1. The van der Waals surface area contributed by atoms with Crippen molar-refractivity contribution in [3.8, 4) is 17.1 Å². The van der Waals surface area contributed by atoms with E-state index in [9.17, 15) is 0 Å². The fourth-order valence-electron chi connectivity index (χ4n) is 4.20. The summed E-state index contributed by atoms with van der Waals surface area (Å²) >= 11 is 5.90. The minimum atomic E-state index is 0.706. The van der Waals surface area contributed by atoms with Crippen LogP contribution in [0, 0.1) is 4.77 Å². The molecule has 0 bridgehead atoms. The van der Waals surface area contributed by atoms with Gasteiger partial charge in [0.25, 0.3) is 0 Å². The summed E-state index contributed by atoms with van der Waals surface area (Å²) in [5.74, 6) is 0.879. The molecule has 162 valence electrons. The quantitative estimate of drug-likeness (QED) is 0.400. The van der Waals surface area contributed by atoms with E-state index >= 15 is 0 Å². The van der Waals surface area contributed by atoms with Gasteiger partial charge in [-0.25, -0.2) is 4.68 Å². The van der Waals surface area contributed by atoms with Crippen LogP contribution in [0.2, 0.25) is 0 Å². The van der Waals surface area contributed by atoms with E-state index in [1.54, 1.807) is 0 Å². The van der Waals surface area contributed by atoms with Crippen molar-refractivity contribution in [2.24, 2.45) is 0 Å². The van der Waals surface area contributed by atoms with E-state index in [0.29, 0.717) is 6.67 Å². The molecule has 5 rings (SSSR count). The minimum Gasteiger partial charge on any atom is -0.297 e. The van der Waals surface area contributed by atoms with Crippen LogP contribution in [0.4, 0.5) is 0 Å². The Labute approximate surface area is 194 Å². The molecule has 2 heterocycles. The van der Waals surface area contributed by atoms with Crippen molar-refractivity contribution in [2.75, 3.05) is 26.2 Å². The van der Waals surface area contributed by atoms with E-state index in [1.807, 2.05) is 41.1 Å². The Kier molecular flexibility index (Phi) is 6.25. The third-order valence-corrected chi connectivity index (χ3v) is 6.33. The van der Waals surface area contributed by atoms with Crippen LogP contribution < -0.4 is 0 Å². The largest absolute Gasteiger partial charge is 0.297 e. The van der Waals surface area contributed by atoms with Crippen molar-refractivity contribution >= 4 is 12.2 Å². The SMILES string of the molecule is S=c1n(CN2CCN(Cc3ccccc3)CC2)nc(-c2ccccc2)n1-c1ccccc1. The van der Waals surface area contributed by atoms with Gasteiger partial charge in [-0.15, -0.1) is 5.10 Å². The van der Waals surface area contributed by atoms with Gasteiger partial charge in [0.15, 0.2) is 5.82 Å². The molecule has 1 aliphatic rings. The van der Waals surface area contributed by atoms with Crippen LogP contribution in [0.5, 0.6) is 0 Å². The molecule has 3 aromatic carbocycles. The first-order valence-electron chi connectivity index (χ1n) is 11.1. The minimum absolute atomic E-state index is 0.706. The lowest BCUT2D eigenvalue weighted by Gasteiger charge is -2.34. The second kappa shape index (κ2) is 9.61. The maximum absolute atomic E-state index is 5.90. The second-order valence-electron chi connectivity index (χ2n) is 8.16. The molecule has 0 spiro atoms. The van der Waals surface area contributed by atoms with Crippen molar-refractivity contribution in [3.63, 3.8) is 0 Å². The van der Waals surface area contributed by atoms with Crippen LogP contribution in [0.1, 0.15) is 5.56 Å². The lowest BCUT2D eigenvalue weighted by Crippen LogP contribution is -2.46. The highest BCUT2D eigenvalue weighted by Crippen LogP contribution is 2.23. The fraction of sp³-hybridized carbons (Fsp3) is 0.231. The van der Waals surface area contributed by atoms with Crippen LogP contribution in [-0.4, -0.2) is 50.3 Å². The molecular weight excluding hydrogens is 414 g/mol. The number of aromatic nitrogens is 3.